The molecule has 0 bridgehead atoms. The molecular formula is C17H25N3O2. The Kier molecular flexibility index (Phi) is 6.05. The number of rotatable bonds is 6. The van der Waals surface area contributed by atoms with Gasteiger partial charge in [-0.1, -0.05) is 6.07 Å². The first-order valence-corrected chi connectivity index (χ1v) is 7.91. The van der Waals surface area contributed by atoms with Crippen LogP contribution in [0.2, 0.25) is 0 Å². The predicted molar refractivity (Wildman–Crippen MR) is 86.2 cm³/mol. The normalized spacial score (nSPS) is 17.7. The van der Waals surface area contributed by atoms with E-state index in [2.05, 4.69) is 22.9 Å². The third kappa shape index (κ3) is 3.90. The Morgan fingerprint density at radius 2 is 1.73 bits per heavy atom. The minimum absolute atomic E-state index is 0.233. The van der Waals surface area contributed by atoms with Crippen LogP contribution in [0.5, 0.6) is 11.5 Å². The SMILES string of the molecule is CCOc1ccc(C(C#N)N2CCN(C)CC2)cc1OCC. The van der Waals surface area contributed by atoms with Crippen molar-refractivity contribution in [1.29, 1.82) is 5.26 Å². The van der Waals surface area contributed by atoms with Crippen LogP contribution < -0.4 is 9.47 Å². The van der Waals surface area contributed by atoms with Crippen LogP contribution in [0, 0.1) is 11.3 Å². The molecule has 1 fully saturated rings. The van der Waals surface area contributed by atoms with E-state index in [4.69, 9.17) is 9.47 Å². The maximum Gasteiger partial charge on any atom is 0.161 e. The van der Waals surface area contributed by atoms with Crippen LogP contribution >= 0.6 is 0 Å². The first kappa shape index (κ1) is 16.6. The van der Waals surface area contributed by atoms with Gasteiger partial charge in [-0.3, -0.25) is 4.90 Å². The van der Waals surface area contributed by atoms with Crippen molar-refractivity contribution in [2.45, 2.75) is 19.9 Å². The summed E-state index contributed by atoms with van der Waals surface area (Å²) < 4.78 is 11.3. The van der Waals surface area contributed by atoms with E-state index in [-0.39, 0.29) is 6.04 Å². The van der Waals surface area contributed by atoms with Crippen molar-refractivity contribution in [2.24, 2.45) is 0 Å². The third-order valence-corrected chi connectivity index (χ3v) is 3.91. The van der Waals surface area contributed by atoms with Gasteiger partial charge in [0.25, 0.3) is 0 Å². The van der Waals surface area contributed by atoms with Gasteiger partial charge in [0.2, 0.25) is 0 Å². The summed E-state index contributed by atoms with van der Waals surface area (Å²) >= 11 is 0. The van der Waals surface area contributed by atoms with Crippen molar-refractivity contribution in [1.82, 2.24) is 9.80 Å². The summed E-state index contributed by atoms with van der Waals surface area (Å²) in [5, 5.41) is 9.61. The van der Waals surface area contributed by atoms with E-state index >= 15 is 0 Å². The molecule has 1 aromatic rings. The van der Waals surface area contributed by atoms with Gasteiger partial charge in [0.1, 0.15) is 6.04 Å². The first-order valence-electron chi connectivity index (χ1n) is 7.91. The van der Waals surface area contributed by atoms with Crippen LogP contribution in [0.4, 0.5) is 0 Å². The molecule has 0 amide bonds. The van der Waals surface area contributed by atoms with Crippen molar-refractivity contribution in [3.63, 3.8) is 0 Å². The predicted octanol–water partition coefficient (Wildman–Crippen LogP) is 2.30. The van der Waals surface area contributed by atoms with E-state index in [1.807, 2.05) is 32.0 Å². The number of piperazine rings is 1. The smallest absolute Gasteiger partial charge is 0.161 e. The molecule has 2 rings (SSSR count). The van der Waals surface area contributed by atoms with Crippen molar-refractivity contribution in [3.05, 3.63) is 23.8 Å². The summed E-state index contributed by atoms with van der Waals surface area (Å²) in [4.78, 5) is 4.51. The highest BCUT2D eigenvalue weighted by atomic mass is 16.5. The topological polar surface area (TPSA) is 48.7 Å². The highest BCUT2D eigenvalue weighted by molar-refractivity contribution is 5.45. The summed E-state index contributed by atoms with van der Waals surface area (Å²) in [5.41, 5.74) is 0.971. The number of nitriles is 1. The Bertz CT molecular complexity index is 519. The van der Waals surface area contributed by atoms with E-state index < -0.39 is 0 Å². The molecule has 1 aliphatic rings. The molecule has 1 saturated heterocycles. The lowest BCUT2D eigenvalue weighted by Gasteiger charge is -2.35. The summed E-state index contributed by atoms with van der Waals surface area (Å²) in [6.07, 6.45) is 0. The summed E-state index contributed by atoms with van der Waals surface area (Å²) in [6.45, 7) is 8.88. The summed E-state index contributed by atoms with van der Waals surface area (Å²) in [5.74, 6) is 1.46. The largest absolute Gasteiger partial charge is 0.490 e. The average Bonchev–Trinajstić information content (AvgIpc) is 2.53. The Hall–Kier alpha value is -1.77. The van der Waals surface area contributed by atoms with Crippen molar-refractivity contribution in [2.75, 3.05) is 46.4 Å². The first-order chi connectivity index (χ1) is 10.7. The lowest BCUT2D eigenvalue weighted by molar-refractivity contribution is 0.132. The molecule has 0 aliphatic carbocycles. The second-order valence-electron chi connectivity index (χ2n) is 5.44. The minimum Gasteiger partial charge on any atom is -0.490 e. The van der Waals surface area contributed by atoms with Crippen LogP contribution in [-0.4, -0.2) is 56.2 Å². The molecule has 0 saturated carbocycles. The molecule has 1 atom stereocenters. The Balaban J connectivity index is 2.21. The molecule has 5 nitrogen and oxygen atoms in total. The number of hydrogen-bond donors (Lipinski definition) is 0. The van der Waals surface area contributed by atoms with E-state index in [9.17, 15) is 5.26 Å². The minimum atomic E-state index is -0.233. The fourth-order valence-electron chi connectivity index (χ4n) is 2.68. The molecule has 1 unspecified atom stereocenters. The van der Waals surface area contributed by atoms with E-state index in [0.717, 1.165) is 43.2 Å². The molecular weight excluding hydrogens is 278 g/mol. The maximum absolute atomic E-state index is 9.61. The van der Waals surface area contributed by atoms with Gasteiger partial charge in [0, 0.05) is 26.2 Å². The Morgan fingerprint density at radius 1 is 1.09 bits per heavy atom. The van der Waals surface area contributed by atoms with Crippen molar-refractivity contribution in [3.8, 4) is 17.6 Å². The molecule has 22 heavy (non-hydrogen) atoms. The lowest BCUT2D eigenvalue weighted by atomic mass is 10.0. The molecule has 0 aromatic heterocycles. The highest BCUT2D eigenvalue weighted by Crippen LogP contribution is 2.32. The van der Waals surface area contributed by atoms with Gasteiger partial charge < -0.3 is 14.4 Å². The Morgan fingerprint density at radius 3 is 2.32 bits per heavy atom. The van der Waals surface area contributed by atoms with Crippen LogP contribution in [0.3, 0.4) is 0 Å². The number of ether oxygens (including phenoxy) is 2. The second-order valence-corrected chi connectivity index (χ2v) is 5.44. The summed E-state index contributed by atoms with van der Waals surface area (Å²) in [7, 11) is 2.11. The van der Waals surface area contributed by atoms with Gasteiger partial charge in [-0.2, -0.15) is 5.26 Å². The summed E-state index contributed by atoms with van der Waals surface area (Å²) in [6, 6.07) is 8.03. The van der Waals surface area contributed by atoms with Crippen LogP contribution in [0.15, 0.2) is 18.2 Å². The zero-order valence-corrected chi connectivity index (χ0v) is 13.7. The maximum atomic E-state index is 9.61. The molecule has 5 heteroatoms. The van der Waals surface area contributed by atoms with Crippen molar-refractivity contribution < 1.29 is 9.47 Å². The van der Waals surface area contributed by atoms with Gasteiger partial charge in [0.15, 0.2) is 11.5 Å². The zero-order valence-electron chi connectivity index (χ0n) is 13.7. The molecule has 0 radical (unpaired) electrons. The number of hydrogen-bond acceptors (Lipinski definition) is 5. The van der Waals surface area contributed by atoms with E-state index in [0.29, 0.717) is 13.2 Å². The monoisotopic (exact) mass is 303 g/mol. The van der Waals surface area contributed by atoms with Gasteiger partial charge >= 0.3 is 0 Å². The van der Waals surface area contributed by atoms with Crippen LogP contribution in [0.25, 0.3) is 0 Å². The van der Waals surface area contributed by atoms with Gasteiger partial charge in [-0.05, 0) is 38.6 Å². The Labute approximate surface area is 133 Å². The second kappa shape index (κ2) is 8.02. The zero-order chi connectivity index (χ0) is 15.9. The molecule has 0 N–H and O–H groups in total. The standard InChI is InChI=1S/C17H25N3O2/c1-4-21-16-7-6-14(12-17(16)22-5-2)15(13-18)20-10-8-19(3)9-11-20/h6-7,12,15H,4-5,8-11H2,1-3H3. The average molecular weight is 303 g/mol. The number of nitrogens with zero attached hydrogens (tertiary/aromatic N) is 3. The quantitative estimate of drug-likeness (QED) is 0.807. The van der Waals surface area contributed by atoms with Gasteiger partial charge in [-0.15, -0.1) is 0 Å². The fourth-order valence-corrected chi connectivity index (χ4v) is 2.68. The van der Waals surface area contributed by atoms with Crippen LogP contribution in [-0.2, 0) is 0 Å². The highest BCUT2D eigenvalue weighted by Gasteiger charge is 2.24. The lowest BCUT2D eigenvalue weighted by Crippen LogP contribution is -2.45. The third-order valence-electron chi connectivity index (χ3n) is 3.91. The molecule has 120 valence electrons. The molecule has 1 aromatic carbocycles. The van der Waals surface area contributed by atoms with E-state index in [1.54, 1.807) is 0 Å². The number of likely N-dealkylation sites (N-methyl/N-ethyl adjacent to an activating group) is 1. The molecule has 1 aliphatic heterocycles. The van der Waals surface area contributed by atoms with Crippen molar-refractivity contribution >= 4 is 0 Å². The molecule has 1 heterocycles. The van der Waals surface area contributed by atoms with Crippen LogP contribution in [0.1, 0.15) is 25.5 Å². The van der Waals surface area contributed by atoms with E-state index in [1.165, 1.54) is 0 Å². The number of benzene rings is 1. The van der Waals surface area contributed by atoms with Gasteiger partial charge in [-0.25, -0.2) is 0 Å². The molecule has 0 spiro atoms. The fraction of sp³-hybridized carbons (Fsp3) is 0.588. The van der Waals surface area contributed by atoms with Gasteiger partial charge in [0.05, 0.1) is 19.3 Å².